The second-order valence-electron chi connectivity index (χ2n) is 0.577. The molecule has 56 valence electrons. The van der Waals surface area contributed by atoms with Crippen LogP contribution >= 0.6 is 0 Å². The minimum atomic E-state index is 0. The van der Waals surface area contributed by atoms with E-state index in [1.807, 2.05) is 34.1 Å². The Hall–Kier alpha value is 2.21. The third-order valence-corrected chi connectivity index (χ3v) is 0. The Morgan fingerprint density at radius 1 is 0.778 bits per heavy atom. The standard InChI is InChI=1S/C3H7.C2H6.2CH3.2Y/c1-3-2;1-2;;;;/h3H,1-2H3;1-2H3;2*1H3;;/q-1;;2*-1;;. The average Bonchev–Trinajstić information content (AvgIpc) is 1.46. The molecule has 0 nitrogen and oxygen atoms in total. The van der Waals surface area contributed by atoms with Gasteiger partial charge in [-0.2, -0.15) is 13.8 Å². The summed E-state index contributed by atoms with van der Waals surface area (Å²) in [6, 6.07) is 0. The smallest absolute Gasteiger partial charge is 0 e. The van der Waals surface area contributed by atoms with E-state index in [1.54, 1.807) is 0 Å². The van der Waals surface area contributed by atoms with E-state index >= 15 is 0 Å². The largest absolute Gasteiger partial charge is 0.358 e. The van der Waals surface area contributed by atoms with Gasteiger partial charge >= 0.3 is 0 Å². The van der Waals surface area contributed by atoms with Gasteiger partial charge in [-0.25, -0.2) is 0 Å². The van der Waals surface area contributed by atoms with Crippen molar-refractivity contribution in [3.8, 4) is 0 Å². The normalized spacial score (nSPS) is 2.67. The maximum absolute atomic E-state index is 2.00. The van der Waals surface area contributed by atoms with E-state index in [0.717, 1.165) is 0 Å². The van der Waals surface area contributed by atoms with Gasteiger partial charge in [-0.3, -0.25) is 0 Å². The molecular weight excluding hydrogens is 262 g/mol. The van der Waals surface area contributed by atoms with E-state index < -0.39 is 0 Å². The summed E-state index contributed by atoms with van der Waals surface area (Å²) in [5, 5.41) is 0. The molecule has 0 saturated heterocycles. The van der Waals surface area contributed by atoms with E-state index in [9.17, 15) is 0 Å². The molecule has 0 aromatic heterocycles. The van der Waals surface area contributed by atoms with Crippen LogP contribution in [-0.2, 0) is 65.4 Å². The van der Waals surface area contributed by atoms with Crippen LogP contribution in [0, 0.1) is 21.3 Å². The Labute approximate surface area is 113 Å². The quantitative estimate of drug-likeness (QED) is 0.598. The first-order valence-electron chi connectivity index (χ1n) is 2.15. The summed E-state index contributed by atoms with van der Waals surface area (Å²) in [7, 11) is 0. The van der Waals surface area contributed by atoms with Crippen molar-refractivity contribution in [3.63, 3.8) is 0 Å². The summed E-state index contributed by atoms with van der Waals surface area (Å²) < 4.78 is 0. The Balaban J connectivity index is -0.00000000357. The SMILES string of the molecule is CC.C[CH-]C.[CH3-].[CH3-].[Y].[Y]. The van der Waals surface area contributed by atoms with Gasteiger partial charge in [0.25, 0.3) is 0 Å². The first-order valence-corrected chi connectivity index (χ1v) is 2.15. The fourth-order valence-corrected chi connectivity index (χ4v) is 0. The molecule has 0 heterocycles. The van der Waals surface area contributed by atoms with Gasteiger partial charge in [0, 0.05) is 65.4 Å². The van der Waals surface area contributed by atoms with Crippen LogP contribution in [0.3, 0.4) is 0 Å². The molecule has 0 aromatic rings. The van der Waals surface area contributed by atoms with Gasteiger partial charge in [-0.1, -0.05) is 13.8 Å². The minimum Gasteiger partial charge on any atom is -0.358 e. The predicted molar refractivity (Wildman–Crippen MR) is 39.8 cm³/mol. The molecule has 0 bridgehead atoms. The summed E-state index contributed by atoms with van der Waals surface area (Å²) in [5.41, 5.74) is 0. The van der Waals surface area contributed by atoms with E-state index in [0.29, 0.717) is 0 Å². The van der Waals surface area contributed by atoms with E-state index in [2.05, 4.69) is 0 Å². The van der Waals surface area contributed by atoms with Crippen LogP contribution in [0.2, 0.25) is 0 Å². The summed E-state index contributed by atoms with van der Waals surface area (Å²) in [4.78, 5) is 0. The molecule has 0 aliphatic carbocycles. The van der Waals surface area contributed by atoms with Crippen molar-refractivity contribution >= 4 is 0 Å². The maximum atomic E-state index is 2.00. The fraction of sp³-hybridized carbons (Fsp3) is 0.571. The van der Waals surface area contributed by atoms with Gasteiger partial charge in [0.2, 0.25) is 0 Å². The van der Waals surface area contributed by atoms with Crippen molar-refractivity contribution < 1.29 is 65.4 Å². The van der Waals surface area contributed by atoms with Crippen molar-refractivity contribution in [1.29, 1.82) is 0 Å². The second-order valence-corrected chi connectivity index (χ2v) is 0.577. The Kier molecular flexibility index (Phi) is 402. The molecule has 0 amide bonds. The van der Waals surface area contributed by atoms with Crippen LogP contribution < -0.4 is 0 Å². The zero-order valence-electron chi connectivity index (χ0n) is 7.73. The molecule has 0 saturated carbocycles. The number of rotatable bonds is 0. The fourth-order valence-electron chi connectivity index (χ4n) is 0. The molecule has 9 heavy (non-hydrogen) atoms. The van der Waals surface area contributed by atoms with Crippen molar-refractivity contribution in [2.45, 2.75) is 27.7 Å². The summed E-state index contributed by atoms with van der Waals surface area (Å²) in [5.74, 6) is 0. The zero-order chi connectivity index (χ0) is 4.71. The molecule has 2 radical (unpaired) electrons. The topological polar surface area (TPSA) is 0 Å². The van der Waals surface area contributed by atoms with Crippen molar-refractivity contribution in [1.82, 2.24) is 0 Å². The summed E-state index contributed by atoms with van der Waals surface area (Å²) in [6.07, 6.45) is 2.00. The predicted octanol–water partition coefficient (Wildman–Crippen LogP) is 3.15. The molecule has 0 unspecified atom stereocenters. The van der Waals surface area contributed by atoms with Crippen LogP contribution in [0.25, 0.3) is 0 Å². The van der Waals surface area contributed by atoms with Crippen molar-refractivity contribution in [2.75, 3.05) is 0 Å². The number of hydrogen-bond donors (Lipinski definition) is 0. The zero-order valence-corrected chi connectivity index (χ0v) is 13.4. The van der Waals surface area contributed by atoms with Crippen molar-refractivity contribution in [2.24, 2.45) is 0 Å². The monoisotopic (exact) mass is 281 g/mol. The molecule has 0 aliphatic heterocycles. The van der Waals surface area contributed by atoms with Crippen LogP contribution in [0.15, 0.2) is 0 Å². The Bertz CT molecular complexity index is 6.88. The molecular formula is C7H19Y2-3. The molecule has 0 spiro atoms. The number of hydrogen-bond acceptors (Lipinski definition) is 0. The first-order chi connectivity index (χ1) is 2.41. The van der Waals surface area contributed by atoms with E-state index in [1.165, 1.54) is 0 Å². The second kappa shape index (κ2) is 84.1. The van der Waals surface area contributed by atoms with Crippen LogP contribution in [-0.4, -0.2) is 0 Å². The summed E-state index contributed by atoms with van der Waals surface area (Å²) in [6.45, 7) is 8.00. The molecule has 0 fully saturated rings. The molecule has 0 aliphatic rings. The van der Waals surface area contributed by atoms with Gasteiger partial charge in [-0.15, -0.1) is 0 Å². The summed E-state index contributed by atoms with van der Waals surface area (Å²) >= 11 is 0. The average molecular weight is 281 g/mol. The van der Waals surface area contributed by atoms with Gasteiger partial charge in [0.05, 0.1) is 0 Å². The van der Waals surface area contributed by atoms with Gasteiger partial charge in [-0.05, 0) is 0 Å². The van der Waals surface area contributed by atoms with Gasteiger partial charge in [0.15, 0.2) is 0 Å². The van der Waals surface area contributed by atoms with E-state index in [-0.39, 0.29) is 80.3 Å². The molecule has 0 rings (SSSR count). The molecule has 2 heteroatoms. The van der Waals surface area contributed by atoms with Gasteiger partial charge in [0.1, 0.15) is 0 Å². The minimum absolute atomic E-state index is 0. The van der Waals surface area contributed by atoms with Gasteiger partial charge < -0.3 is 21.3 Å². The Morgan fingerprint density at radius 2 is 0.778 bits per heavy atom. The van der Waals surface area contributed by atoms with Crippen LogP contribution in [0.4, 0.5) is 0 Å². The third-order valence-electron chi connectivity index (χ3n) is 0. The third kappa shape index (κ3) is 141. The van der Waals surface area contributed by atoms with E-state index in [4.69, 9.17) is 0 Å². The molecule has 0 aromatic carbocycles. The van der Waals surface area contributed by atoms with Crippen LogP contribution in [0.5, 0.6) is 0 Å². The van der Waals surface area contributed by atoms with Crippen LogP contribution in [0.1, 0.15) is 27.7 Å². The van der Waals surface area contributed by atoms with Crippen molar-refractivity contribution in [3.05, 3.63) is 21.3 Å². The first kappa shape index (κ1) is 43.1. The molecule has 0 atom stereocenters. The Morgan fingerprint density at radius 3 is 0.778 bits per heavy atom. The molecule has 0 N–H and O–H groups in total. The maximum Gasteiger partial charge on any atom is 0 e.